The van der Waals surface area contributed by atoms with E-state index in [1.165, 1.54) is 0 Å². The highest BCUT2D eigenvalue weighted by molar-refractivity contribution is 7.73. The zero-order valence-corrected chi connectivity index (χ0v) is 7.73. The number of aldehydes is 2. The second-order valence-corrected chi connectivity index (χ2v) is 1.95. The van der Waals surface area contributed by atoms with Gasteiger partial charge in [0.2, 0.25) is 0 Å². The van der Waals surface area contributed by atoms with E-state index in [4.69, 9.17) is 26.6 Å². The molecule has 0 saturated heterocycles. The summed E-state index contributed by atoms with van der Waals surface area (Å²) in [6.07, 6.45) is 1.15. The molecule has 0 spiro atoms. The van der Waals surface area contributed by atoms with Gasteiger partial charge in [0, 0.05) is 0 Å². The van der Waals surface area contributed by atoms with Crippen LogP contribution in [0.4, 0.5) is 0 Å². The fraction of sp³-hybridized carbons (Fsp3) is 0.333. The Morgan fingerprint density at radius 2 is 1.00 bits per heavy atom. The molecule has 0 bridgehead atoms. The quantitative estimate of drug-likeness (QED) is 0.275. The van der Waals surface area contributed by atoms with Gasteiger partial charge in [-0.05, 0) is 0 Å². The molecule has 0 radical (unpaired) electrons. The van der Waals surface area contributed by atoms with Gasteiger partial charge >= 0.3 is 0 Å². The van der Waals surface area contributed by atoms with Crippen LogP contribution in [0.15, 0.2) is 0 Å². The number of carbonyl (C=O) groups is 2. The Labute approximate surface area is 78.6 Å². The molecule has 10 heteroatoms. The average Bonchev–Trinajstić information content (AvgIpc) is 1.86. The van der Waals surface area contributed by atoms with Crippen LogP contribution in [0, 0.1) is 0 Å². The maximum atomic E-state index is 9.17. The van der Waals surface area contributed by atoms with Crippen LogP contribution >= 0.6 is 0 Å². The van der Waals surface area contributed by atoms with E-state index in [0.717, 1.165) is 0 Å². The van der Waals surface area contributed by atoms with Crippen LogP contribution in [0.3, 0.4) is 0 Å². The van der Waals surface area contributed by atoms with Gasteiger partial charge in [-0.15, -0.1) is 0 Å². The van der Waals surface area contributed by atoms with Crippen molar-refractivity contribution in [1.82, 2.24) is 0 Å². The van der Waals surface area contributed by atoms with Gasteiger partial charge in [-0.1, -0.05) is 0 Å². The van der Waals surface area contributed by atoms with E-state index in [1.807, 2.05) is 0 Å². The highest BCUT2D eigenvalue weighted by Gasteiger charge is 1.65. The van der Waals surface area contributed by atoms with Crippen molar-refractivity contribution in [3.05, 3.63) is 0 Å². The van der Waals surface area contributed by atoms with Crippen LogP contribution in [0.5, 0.6) is 0 Å². The molecule has 0 unspecified atom stereocenters. The van der Waals surface area contributed by atoms with Gasteiger partial charge in [-0.2, -0.15) is 8.42 Å². The zero-order chi connectivity index (χ0) is 11.3. The van der Waals surface area contributed by atoms with Gasteiger partial charge in [0.15, 0.2) is 0 Å². The van der Waals surface area contributed by atoms with Crippen molar-refractivity contribution >= 4 is 35.3 Å². The molecule has 0 atom stereocenters. The summed E-state index contributed by atoms with van der Waals surface area (Å²) in [5.74, 6) is 0. The highest BCUT2D eigenvalue weighted by Crippen LogP contribution is 1.50. The van der Waals surface area contributed by atoms with Crippen molar-refractivity contribution in [2.24, 2.45) is 0 Å². The van der Waals surface area contributed by atoms with Gasteiger partial charge in [0.1, 0.15) is 12.6 Å². The van der Waals surface area contributed by atoms with E-state index in [1.54, 1.807) is 0 Å². The van der Waals surface area contributed by atoms with Crippen LogP contribution in [0.2, 0.25) is 0 Å². The summed E-state index contributed by atoms with van der Waals surface area (Å²) in [5.41, 5.74) is 0. The standard InChI is InChI=1S/C3H4O2.2H2O3S/c4-2-1-3-5;2*1-4(2)3/h2-3H,1H2;2*(H2,1,2,3). The SMILES string of the molecule is O=CCC=O.O=S(O)O.O=S(O)O. The molecule has 8 nitrogen and oxygen atoms in total. The Hall–Kier alpha value is -0.520. The van der Waals surface area contributed by atoms with E-state index in [9.17, 15) is 9.59 Å². The van der Waals surface area contributed by atoms with Crippen molar-refractivity contribution in [3.63, 3.8) is 0 Å². The molecule has 4 N–H and O–H groups in total. The van der Waals surface area contributed by atoms with E-state index in [0.29, 0.717) is 12.6 Å². The van der Waals surface area contributed by atoms with E-state index in [-0.39, 0.29) is 6.42 Å². The molecule has 0 rings (SSSR count). The largest absolute Gasteiger partial charge is 0.303 e. The molecule has 0 aromatic rings. The molecule has 0 saturated carbocycles. The van der Waals surface area contributed by atoms with Gasteiger partial charge < -0.3 is 9.59 Å². The lowest BCUT2D eigenvalue weighted by molar-refractivity contribution is -0.114. The lowest BCUT2D eigenvalue weighted by Gasteiger charge is -1.59. The topological polar surface area (TPSA) is 149 Å². The van der Waals surface area contributed by atoms with Crippen molar-refractivity contribution < 1.29 is 36.2 Å². The molecule has 0 heterocycles. The number of hydrogen-bond acceptors (Lipinski definition) is 4. The Morgan fingerprint density at radius 3 is 1.00 bits per heavy atom. The number of rotatable bonds is 2. The molecule has 0 aliphatic heterocycles. The van der Waals surface area contributed by atoms with Crippen LogP contribution in [-0.2, 0) is 32.3 Å². The first-order chi connectivity index (χ1) is 5.88. The molecule has 0 aromatic carbocycles. The Morgan fingerprint density at radius 1 is 0.846 bits per heavy atom. The molecular weight excluding hydrogens is 228 g/mol. The second kappa shape index (κ2) is 17.5. The first-order valence-electron chi connectivity index (χ1n) is 2.35. The Kier molecular flexibility index (Phi) is 24.7. The summed E-state index contributed by atoms with van der Waals surface area (Å²) >= 11 is -5.22. The summed E-state index contributed by atoms with van der Waals surface area (Å²) in [4.78, 5) is 18.3. The Bertz CT molecular complexity index is 141. The smallest absolute Gasteiger partial charge is 0.299 e. The van der Waals surface area contributed by atoms with Gasteiger partial charge in [-0.25, -0.2) is 0 Å². The minimum absolute atomic E-state index is 0.0278. The lowest BCUT2D eigenvalue weighted by Crippen LogP contribution is -1.74. The minimum Gasteiger partial charge on any atom is -0.303 e. The maximum Gasteiger partial charge on any atom is 0.299 e. The van der Waals surface area contributed by atoms with Gasteiger partial charge in [0.25, 0.3) is 22.7 Å². The predicted molar refractivity (Wildman–Crippen MR) is 43.5 cm³/mol. The minimum atomic E-state index is -2.61. The first kappa shape index (κ1) is 18.3. The molecule has 0 aliphatic carbocycles. The first-order valence-corrected chi connectivity index (χ1v) is 4.48. The van der Waals surface area contributed by atoms with Gasteiger partial charge in [-0.3, -0.25) is 18.2 Å². The molecular formula is C3H8O8S2. The van der Waals surface area contributed by atoms with E-state index >= 15 is 0 Å². The third kappa shape index (κ3) is 471. The molecule has 0 aromatic heterocycles. The van der Waals surface area contributed by atoms with Crippen LogP contribution in [0.1, 0.15) is 6.42 Å². The predicted octanol–water partition coefficient (Wildman–Crippen LogP) is -0.863. The fourth-order valence-electron chi connectivity index (χ4n) is 0.0393. The third-order valence-electron chi connectivity index (χ3n) is 0.192. The zero-order valence-electron chi connectivity index (χ0n) is 6.10. The fourth-order valence-corrected chi connectivity index (χ4v) is 0.0393. The van der Waals surface area contributed by atoms with Crippen LogP contribution < -0.4 is 0 Å². The van der Waals surface area contributed by atoms with E-state index < -0.39 is 22.7 Å². The molecule has 0 aliphatic rings. The third-order valence-corrected chi connectivity index (χ3v) is 0.192. The number of carbonyl (C=O) groups excluding carboxylic acids is 2. The summed E-state index contributed by atoms with van der Waals surface area (Å²) in [6, 6.07) is 0. The monoisotopic (exact) mass is 236 g/mol. The number of hydrogen-bond donors (Lipinski definition) is 4. The van der Waals surface area contributed by atoms with Crippen LogP contribution in [-0.4, -0.2) is 39.2 Å². The van der Waals surface area contributed by atoms with Crippen molar-refractivity contribution in [3.8, 4) is 0 Å². The van der Waals surface area contributed by atoms with Crippen LogP contribution in [0.25, 0.3) is 0 Å². The van der Waals surface area contributed by atoms with Crippen molar-refractivity contribution in [1.29, 1.82) is 0 Å². The van der Waals surface area contributed by atoms with Crippen molar-refractivity contribution in [2.45, 2.75) is 6.42 Å². The summed E-state index contributed by atoms with van der Waals surface area (Å²) in [5, 5.41) is 0. The molecule has 0 fully saturated rings. The lowest BCUT2D eigenvalue weighted by atomic mass is 10.6. The molecule has 80 valence electrons. The summed E-state index contributed by atoms with van der Waals surface area (Å²) in [6.45, 7) is 0. The Balaban J connectivity index is -0.000000117. The molecule has 13 heavy (non-hydrogen) atoms. The highest BCUT2D eigenvalue weighted by atomic mass is 32.2. The second-order valence-electron chi connectivity index (χ2n) is 1.03. The maximum absolute atomic E-state index is 9.17. The normalized spacial score (nSPS) is 7.85. The summed E-state index contributed by atoms with van der Waals surface area (Å²) in [7, 11) is 0. The summed E-state index contributed by atoms with van der Waals surface area (Å²) < 4.78 is 45.7. The van der Waals surface area contributed by atoms with Gasteiger partial charge in [0.05, 0.1) is 6.42 Å². The average molecular weight is 236 g/mol. The molecule has 0 amide bonds. The van der Waals surface area contributed by atoms with Crippen molar-refractivity contribution in [2.75, 3.05) is 0 Å². The van der Waals surface area contributed by atoms with E-state index in [2.05, 4.69) is 0 Å².